The fourth-order valence-corrected chi connectivity index (χ4v) is 6.79. The Labute approximate surface area is 225 Å². The molecule has 204 valence electrons. The maximum atomic E-state index is 13.9. The summed E-state index contributed by atoms with van der Waals surface area (Å²) < 4.78 is 8.19. The third-order valence-corrected chi connectivity index (χ3v) is 8.50. The summed E-state index contributed by atoms with van der Waals surface area (Å²) in [6, 6.07) is 16.1. The van der Waals surface area contributed by atoms with Crippen molar-refractivity contribution in [1.29, 1.82) is 0 Å². The molecule has 0 aliphatic carbocycles. The van der Waals surface area contributed by atoms with Crippen LogP contribution in [-0.2, 0) is 32.3 Å². The Morgan fingerprint density at radius 3 is 2.64 bits per heavy atom. The molecule has 0 saturated carbocycles. The number of carbonyl (C=O) groups excluding carboxylic acids is 3. The molecule has 2 bridgehead atoms. The van der Waals surface area contributed by atoms with Gasteiger partial charge in [0, 0.05) is 19.7 Å². The van der Waals surface area contributed by atoms with Crippen molar-refractivity contribution in [3.63, 3.8) is 0 Å². The van der Waals surface area contributed by atoms with Gasteiger partial charge in [0.15, 0.2) is 0 Å². The maximum absolute atomic E-state index is 13.9. The highest BCUT2D eigenvalue weighted by Gasteiger charge is 2.77. The van der Waals surface area contributed by atoms with Crippen LogP contribution in [0.2, 0.25) is 0 Å². The third kappa shape index (κ3) is 4.07. The summed E-state index contributed by atoms with van der Waals surface area (Å²) in [5, 5.41) is 23.7. The molecule has 1 aromatic heterocycles. The summed E-state index contributed by atoms with van der Waals surface area (Å²) in [4.78, 5) is 42.8. The molecule has 11 nitrogen and oxygen atoms in total. The summed E-state index contributed by atoms with van der Waals surface area (Å²) >= 11 is 0. The summed E-state index contributed by atoms with van der Waals surface area (Å²) in [6.45, 7) is 2.34. The molecule has 3 amide bonds. The second-order valence-electron chi connectivity index (χ2n) is 10.8. The van der Waals surface area contributed by atoms with Gasteiger partial charge < -0.3 is 25.4 Å². The van der Waals surface area contributed by atoms with Gasteiger partial charge in [0.2, 0.25) is 17.7 Å². The number of rotatable bonds is 9. The topological polar surface area (TPSA) is 139 Å². The van der Waals surface area contributed by atoms with Crippen molar-refractivity contribution >= 4 is 28.8 Å². The lowest BCUT2D eigenvalue weighted by Crippen LogP contribution is -2.55. The highest BCUT2D eigenvalue weighted by Crippen LogP contribution is 2.63. The lowest BCUT2D eigenvalue weighted by Gasteiger charge is -2.33. The van der Waals surface area contributed by atoms with Crippen molar-refractivity contribution < 1.29 is 24.2 Å². The Balaban J connectivity index is 1.26. The van der Waals surface area contributed by atoms with E-state index in [2.05, 4.69) is 20.9 Å². The molecule has 6 rings (SSSR count). The minimum atomic E-state index is -1.12. The number of aliphatic hydroxyl groups is 1. The van der Waals surface area contributed by atoms with Crippen LogP contribution < -0.4 is 10.6 Å². The molecule has 2 unspecified atom stereocenters. The first-order valence-electron chi connectivity index (χ1n) is 13.4. The van der Waals surface area contributed by atoms with Crippen molar-refractivity contribution in [2.24, 2.45) is 11.8 Å². The van der Waals surface area contributed by atoms with E-state index in [9.17, 15) is 19.5 Å². The first-order valence-corrected chi connectivity index (χ1v) is 13.4. The van der Waals surface area contributed by atoms with Crippen LogP contribution >= 0.6 is 0 Å². The van der Waals surface area contributed by atoms with Crippen LogP contribution in [0, 0.1) is 11.8 Å². The normalized spacial score (nSPS) is 29.1. The predicted octanol–water partition coefficient (Wildman–Crippen LogP) is 0.969. The van der Waals surface area contributed by atoms with Crippen LogP contribution in [0.5, 0.6) is 0 Å². The van der Waals surface area contributed by atoms with Crippen LogP contribution in [0.15, 0.2) is 54.6 Å². The van der Waals surface area contributed by atoms with Gasteiger partial charge in [0.05, 0.1) is 23.0 Å². The third-order valence-electron chi connectivity index (χ3n) is 8.50. The van der Waals surface area contributed by atoms with E-state index in [1.807, 2.05) is 61.5 Å². The first kappa shape index (κ1) is 25.4. The fourth-order valence-electron chi connectivity index (χ4n) is 6.79. The number of amides is 3. The molecule has 3 aliphatic heterocycles. The van der Waals surface area contributed by atoms with Crippen LogP contribution in [0.1, 0.15) is 31.7 Å². The number of carbonyl (C=O) groups is 3. The number of aromatic nitrogens is 3. The summed E-state index contributed by atoms with van der Waals surface area (Å²) in [7, 11) is 0. The van der Waals surface area contributed by atoms with Gasteiger partial charge in [0.25, 0.3) is 0 Å². The number of aliphatic hydroxyl groups excluding tert-OH is 1. The largest absolute Gasteiger partial charge is 0.396 e. The molecular weight excluding hydrogens is 500 g/mol. The maximum Gasteiger partial charge on any atom is 0.247 e. The first-order chi connectivity index (χ1) is 18.9. The smallest absolute Gasteiger partial charge is 0.247 e. The fraction of sp³-hybridized carbons (Fsp3) is 0.464. The van der Waals surface area contributed by atoms with Crippen LogP contribution in [0.25, 0.3) is 11.0 Å². The van der Waals surface area contributed by atoms with Crippen molar-refractivity contribution in [1.82, 2.24) is 30.5 Å². The van der Waals surface area contributed by atoms with Crippen molar-refractivity contribution in [2.75, 3.05) is 13.2 Å². The van der Waals surface area contributed by atoms with E-state index in [0.717, 1.165) is 11.1 Å². The standard InChI is InChI=1S/C28H32N6O5/c1-27-12-13-28(39-27)22(21(27)24(36)29-16-18-8-3-2-4-9-18)26(38)33(14-7-15-35)23(28)25(37)30-17-34-20-11-6-5-10-19(20)31-32-34/h2-6,8-11,21-23,35H,7,12-17H2,1H3,(H,29,36)(H,30,37)/t21-,22+,23?,27+,28?/m1/s1. The van der Waals surface area contributed by atoms with Gasteiger partial charge >= 0.3 is 0 Å². The average molecular weight is 533 g/mol. The highest BCUT2D eigenvalue weighted by molar-refractivity contribution is 5.99. The van der Waals surface area contributed by atoms with Crippen LogP contribution in [0.4, 0.5) is 0 Å². The zero-order chi connectivity index (χ0) is 27.2. The molecule has 5 atom stereocenters. The molecule has 3 fully saturated rings. The molecule has 11 heteroatoms. The van der Waals surface area contributed by atoms with Gasteiger partial charge in [-0.1, -0.05) is 47.7 Å². The zero-order valence-electron chi connectivity index (χ0n) is 21.7. The molecule has 3 aromatic rings. The van der Waals surface area contributed by atoms with Gasteiger partial charge in [-0.3, -0.25) is 14.4 Å². The van der Waals surface area contributed by atoms with E-state index in [-0.39, 0.29) is 37.5 Å². The minimum Gasteiger partial charge on any atom is -0.396 e. The molecule has 3 saturated heterocycles. The van der Waals surface area contributed by atoms with Crippen LogP contribution in [-0.4, -0.2) is 73.1 Å². The number of nitrogens with zero attached hydrogens (tertiary/aromatic N) is 4. The highest BCUT2D eigenvalue weighted by atomic mass is 16.5. The molecule has 1 spiro atoms. The number of nitrogens with one attached hydrogen (secondary N) is 2. The summed E-state index contributed by atoms with van der Waals surface area (Å²) in [5.41, 5.74) is 0.459. The number of hydrogen-bond acceptors (Lipinski definition) is 7. The predicted molar refractivity (Wildman–Crippen MR) is 140 cm³/mol. The molecule has 39 heavy (non-hydrogen) atoms. The number of likely N-dealkylation sites (tertiary alicyclic amines) is 1. The van der Waals surface area contributed by atoms with Crippen molar-refractivity contribution in [3.8, 4) is 0 Å². The Bertz CT molecular complexity index is 1410. The van der Waals surface area contributed by atoms with E-state index in [0.29, 0.717) is 31.3 Å². The van der Waals surface area contributed by atoms with E-state index < -0.39 is 29.1 Å². The Morgan fingerprint density at radius 1 is 1.08 bits per heavy atom. The summed E-state index contributed by atoms with van der Waals surface area (Å²) in [6.07, 6.45) is 1.36. The lowest BCUT2D eigenvalue weighted by atomic mass is 9.66. The second kappa shape index (κ2) is 9.73. The molecule has 3 N–H and O–H groups in total. The van der Waals surface area contributed by atoms with E-state index in [4.69, 9.17) is 4.74 Å². The monoisotopic (exact) mass is 532 g/mol. The van der Waals surface area contributed by atoms with Gasteiger partial charge in [-0.15, -0.1) is 5.10 Å². The Hall–Kier alpha value is -3.83. The van der Waals surface area contributed by atoms with Gasteiger partial charge in [0.1, 0.15) is 23.8 Å². The summed E-state index contributed by atoms with van der Waals surface area (Å²) in [5.74, 6) is -2.42. The van der Waals surface area contributed by atoms with Crippen molar-refractivity contribution in [3.05, 3.63) is 60.2 Å². The van der Waals surface area contributed by atoms with E-state index in [1.165, 1.54) is 4.90 Å². The Morgan fingerprint density at radius 2 is 1.85 bits per heavy atom. The van der Waals surface area contributed by atoms with E-state index >= 15 is 0 Å². The van der Waals surface area contributed by atoms with Crippen LogP contribution in [0.3, 0.4) is 0 Å². The minimum absolute atomic E-state index is 0.0664. The van der Waals surface area contributed by atoms with E-state index in [1.54, 1.807) is 4.68 Å². The van der Waals surface area contributed by atoms with Gasteiger partial charge in [-0.25, -0.2) is 4.68 Å². The molecule has 3 aliphatic rings. The Kier molecular flexibility index (Phi) is 6.35. The number of ether oxygens (including phenoxy) is 1. The second-order valence-corrected chi connectivity index (χ2v) is 10.8. The van der Waals surface area contributed by atoms with Gasteiger partial charge in [-0.05, 0) is 43.9 Å². The van der Waals surface area contributed by atoms with Gasteiger partial charge in [-0.2, -0.15) is 0 Å². The lowest BCUT2D eigenvalue weighted by molar-refractivity contribution is -0.146. The SMILES string of the molecule is C[C@@]12CCC3(O1)C(C(=O)NCn1nnc4ccccc41)N(CCCO)C(=O)[C@@H]3[C@@H]2C(=O)NCc1ccccc1. The molecule has 2 aromatic carbocycles. The average Bonchev–Trinajstić information content (AvgIpc) is 3.65. The molecule has 4 heterocycles. The number of para-hydroxylation sites is 1. The molecule has 0 radical (unpaired) electrons. The number of benzene rings is 2. The zero-order valence-corrected chi connectivity index (χ0v) is 21.7. The number of fused-ring (bicyclic) bond motifs is 2. The van der Waals surface area contributed by atoms with Crippen molar-refractivity contribution in [2.45, 2.75) is 56.6 Å². The quantitative estimate of drug-likeness (QED) is 0.373. The number of hydrogen-bond donors (Lipinski definition) is 3. The molecular formula is C28H32N6O5.